The largest absolute Gasteiger partial charge is 0.453 e. The zero-order chi connectivity index (χ0) is 13.7. The van der Waals surface area contributed by atoms with E-state index in [2.05, 4.69) is 15.0 Å². The molecular weight excluding hydrogens is 242 g/mol. The van der Waals surface area contributed by atoms with Crippen LogP contribution in [0.3, 0.4) is 0 Å². The van der Waals surface area contributed by atoms with Crippen molar-refractivity contribution in [3.05, 3.63) is 48.0 Å². The van der Waals surface area contributed by atoms with Crippen LogP contribution in [0.25, 0.3) is 10.8 Å². The molecule has 2 aromatic rings. The topological polar surface area (TPSA) is 76.7 Å². The molecular formula is C14H15N3O2. The predicted molar refractivity (Wildman–Crippen MR) is 74.8 cm³/mol. The third kappa shape index (κ3) is 3.22. The van der Waals surface area contributed by atoms with E-state index >= 15 is 0 Å². The van der Waals surface area contributed by atoms with Gasteiger partial charge in [-0.1, -0.05) is 42.5 Å². The Morgan fingerprint density at radius 1 is 1.26 bits per heavy atom. The van der Waals surface area contributed by atoms with E-state index in [9.17, 15) is 4.79 Å². The van der Waals surface area contributed by atoms with Crippen LogP contribution in [-0.2, 0) is 11.3 Å². The van der Waals surface area contributed by atoms with Crippen molar-refractivity contribution in [3.63, 3.8) is 0 Å². The molecule has 0 bridgehead atoms. The Balaban J connectivity index is 2.18. The van der Waals surface area contributed by atoms with E-state index < -0.39 is 6.09 Å². The molecule has 2 aromatic carbocycles. The Morgan fingerprint density at radius 2 is 2.00 bits per heavy atom. The van der Waals surface area contributed by atoms with Crippen molar-refractivity contribution >= 4 is 22.8 Å². The number of guanidine groups is 1. The lowest BCUT2D eigenvalue weighted by atomic mass is 10.1. The van der Waals surface area contributed by atoms with Crippen LogP contribution in [0.5, 0.6) is 0 Å². The van der Waals surface area contributed by atoms with Gasteiger partial charge in [0.15, 0.2) is 5.96 Å². The molecule has 98 valence electrons. The smallest absolute Gasteiger partial charge is 0.413 e. The second-order valence-electron chi connectivity index (χ2n) is 3.96. The molecule has 1 amide bonds. The van der Waals surface area contributed by atoms with Gasteiger partial charge in [-0.2, -0.15) is 0 Å². The molecule has 2 rings (SSSR count). The highest BCUT2D eigenvalue weighted by atomic mass is 16.5. The van der Waals surface area contributed by atoms with Crippen molar-refractivity contribution < 1.29 is 9.53 Å². The van der Waals surface area contributed by atoms with Crippen molar-refractivity contribution in [2.24, 2.45) is 10.7 Å². The van der Waals surface area contributed by atoms with Crippen LogP contribution in [0.2, 0.25) is 0 Å². The Kier molecular flexibility index (Phi) is 3.97. The van der Waals surface area contributed by atoms with Crippen LogP contribution in [0.1, 0.15) is 5.56 Å². The number of amides is 1. The molecule has 0 radical (unpaired) electrons. The number of benzene rings is 2. The van der Waals surface area contributed by atoms with Crippen molar-refractivity contribution in [1.29, 1.82) is 0 Å². The summed E-state index contributed by atoms with van der Waals surface area (Å²) < 4.78 is 4.43. The summed E-state index contributed by atoms with van der Waals surface area (Å²) >= 11 is 0. The van der Waals surface area contributed by atoms with Gasteiger partial charge in [0.25, 0.3) is 0 Å². The summed E-state index contributed by atoms with van der Waals surface area (Å²) in [5.41, 5.74) is 6.63. The Morgan fingerprint density at radius 3 is 2.79 bits per heavy atom. The maximum Gasteiger partial charge on any atom is 0.413 e. The number of nitrogens with two attached hydrogens (primary N) is 1. The lowest BCUT2D eigenvalue weighted by Gasteiger charge is -2.05. The van der Waals surface area contributed by atoms with Crippen molar-refractivity contribution in [3.8, 4) is 0 Å². The third-order valence-electron chi connectivity index (χ3n) is 2.72. The third-order valence-corrected chi connectivity index (χ3v) is 2.72. The predicted octanol–water partition coefficient (Wildman–Crippen LogP) is 2.01. The Labute approximate surface area is 111 Å². The second-order valence-corrected chi connectivity index (χ2v) is 3.96. The van der Waals surface area contributed by atoms with E-state index in [-0.39, 0.29) is 5.96 Å². The fourth-order valence-electron chi connectivity index (χ4n) is 1.80. The Bertz CT molecular complexity index is 618. The quantitative estimate of drug-likeness (QED) is 0.638. The van der Waals surface area contributed by atoms with E-state index in [4.69, 9.17) is 5.73 Å². The average molecular weight is 257 g/mol. The molecule has 0 atom stereocenters. The van der Waals surface area contributed by atoms with Crippen LogP contribution in [0.15, 0.2) is 47.5 Å². The number of alkyl carbamates (subject to hydrolysis) is 1. The van der Waals surface area contributed by atoms with Crippen LogP contribution in [0.4, 0.5) is 4.79 Å². The molecule has 0 heterocycles. The minimum Gasteiger partial charge on any atom is -0.453 e. The molecule has 0 saturated carbocycles. The molecule has 0 spiro atoms. The van der Waals surface area contributed by atoms with Gasteiger partial charge >= 0.3 is 6.09 Å². The number of aliphatic imine (C=N–C) groups is 1. The summed E-state index contributed by atoms with van der Waals surface area (Å²) in [6, 6.07) is 14.0. The van der Waals surface area contributed by atoms with Gasteiger partial charge in [0, 0.05) is 0 Å². The van der Waals surface area contributed by atoms with Crippen LogP contribution < -0.4 is 11.1 Å². The first kappa shape index (κ1) is 12.9. The molecule has 0 fully saturated rings. The van der Waals surface area contributed by atoms with Gasteiger partial charge < -0.3 is 10.5 Å². The molecule has 5 nitrogen and oxygen atoms in total. The van der Waals surface area contributed by atoms with E-state index in [1.807, 2.05) is 42.5 Å². The van der Waals surface area contributed by atoms with Gasteiger partial charge in [0.05, 0.1) is 13.7 Å². The number of carbonyl (C=O) groups excluding carboxylic acids is 1. The standard InChI is InChI=1S/C14H15N3O2/c1-19-14(18)17-13(15)16-9-11-7-4-6-10-5-2-3-8-12(10)11/h2-8H,9H2,1H3,(H3,15,16,17,18). The number of rotatable bonds is 2. The van der Waals surface area contributed by atoms with Gasteiger partial charge in [0.1, 0.15) is 0 Å². The molecule has 3 N–H and O–H groups in total. The highest BCUT2D eigenvalue weighted by Gasteiger charge is 2.02. The van der Waals surface area contributed by atoms with Gasteiger partial charge in [-0.3, -0.25) is 5.32 Å². The second kappa shape index (κ2) is 5.86. The number of nitrogens with zero attached hydrogens (tertiary/aromatic N) is 1. The SMILES string of the molecule is COC(=O)NC(N)=NCc1cccc2ccccc12. The van der Waals surface area contributed by atoms with E-state index in [1.54, 1.807) is 0 Å². The molecule has 0 unspecified atom stereocenters. The number of hydrogen-bond acceptors (Lipinski definition) is 3. The lowest BCUT2D eigenvalue weighted by molar-refractivity contribution is 0.176. The average Bonchev–Trinajstić information content (AvgIpc) is 2.44. The zero-order valence-corrected chi connectivity index (χ0v) is 10.6. The fourth-order valence-corrected chi connectivity index (χ4v) is 1.80. The molecule has 0 aliphatic heterocycles. The van der Waals surface area contributed by atoms with Crippen molar-refractivity contribution in [2.45, 2.75) is 6.54 Å². The minimum absolute atomic E-state index is 0.0415. The van der Waals surface area contributed by atoms with Crippen LogP contribution in [-0.4, -0.2) is 19.2 Å². The van der Waals surface area contributed by atoms with Crippen LogP contribution >= 0.6 is 0 Å². The number of hydrogen-bond donors (Lipinski definition) is 2. The summed E-state index contributed by atoms with van der Waals surface area (Å²) in [7, 11) is 1.27. The van der Waals surface area contributed by atoms with Gasteiger partial charge in [-0.25, -0.2) is 9.79 Å². The van der Waals surface area contributed by atoms with Gasteiger partial charge in [-0.05, 0) is 16.3 Å². The highest BCUT2D eigenvalue weighted by Crippen LogP contribution is 2.18. The normalized spacial score (nSPS) is 11.3. The molecule has 0 saturated heterocycles. The fraction of sp³-hybridized carbons (Fsp3) is 0.143. The van der Waals surface area contributed by atoms with E-state index in [0.29, 0.717) is 6.54 Å². The summed E-state index contributed by atoms with van der Waals surface area (Å²) in [5.74, 6) is 0.0415. The van der Waals surface area contributed by atoms with Gasteiger partial charge in [-0.15, -0.1) is 0 Å². The van der Waals surface area contributed by atoms with Crippen molar-refractivity contribution in [1.82, 2.24) is 5.32 Å². The number of fused-ring (bicyclic) bond motifs is 1. The zero-order valence-electron chi connectivity index (χ0n) is 10.6. The first-order valence-corrected chi connectivity index (χ1v) is 5.82. The first-order chi connectivity index (χ1) is 9.20. The molecule has 19 heavy (non-hydrogen) atoms. The number of methoxy groups -OCH3 is 1. The molecule has 0 aromatic heterocycles. The van der Waals surface area contributed by atoms with Crippen LogP contribution in [0, 0.1) is 0 Å². The molecule has 0 aliphatic rings. The summed E-state index contributed by atoms with van der Waals surface area (Å²) in [4.78, 5) is 15.1. The van der Waals surface area contributed by atoms with E-state index in [1.165, 1.54) is 7.11 Å². The lowest BCUT2D eigenvalue weighted by Crippen LogP contribution is -2.36. The summed E-state index contributed by atoms with van der Waals surface area (Å²) in [5, 5.41) is 4.59. The first-order valence-electron chi connectivity index (χ1n) is 5.82. The van der Waals surface area contributed by atoms with E-state index in [0.717, 1.165) is 16.3 Å². The van der Waals surface area contributed by atoms with Crippen molar-refractivity contribution in [2.75, 3.05) is 7.11 Å². The minimum atomic E-state index is -0.626. The highest BCUT2D eigenvalue weighted by molar-refractivity contribution is 5.93. The monoisotopic (exact) mass is 257 g/mol. The maximum absolute atomic E-state index is 11.0. The molecule has 0 aliphatic carbocycles. The summed E-state index contributed by atoms with van der Waals surface area (Å²) in [6.07, 6.45) is -0.626. The maximum atomic E-state index is 11.0. The Hall–Kier alpha value is -2.56. The van der Waals surface area contributed by atoms with Gasteiger partial charge in [0.2, 0.25) is 0 Å². The number of ether oxygens (including phenoxy) is 1. The number of carbonyl (C=O) groups is 1. The summed E-state index contributed by atoms with van der Waals surface area (Å²) in [6.45, 7) is 0.400. The number of nitrogens with one attached hydrogen (secondary N) is 1. The molecule has 5 heteroatoms.